The minimum Gasteiger partial charge on any atom is -0.465 e. The molecule has 2 aromatic carbocycles. The molecule has 0 saturated carbocycles. The SMILES string of the molecule is Cc1ccc2c(c1)C(=O)C1=CC(C(=O)c3ccccc3)=C3NCCN3C1O2. The highest BCUT2D eigenvalue weighted by atomic mass is 16.5. The summed E-state index contributed by atoms with van der Waals surface area (Å²) in [6, 6.07) is 14.8. The van der Waals surface area contributed by atoms with Crippen LogP contribution in [0.1, 0.15) is 26.3 Å². The van der Waals surface area contributed by atoms with Crippen molar-refractivity contribution in [1.82, 2.24) is 10.2 Å². The number of rotatable bonds is 2. The first-order valence-corrected chi connectivity index (χ1v) is 9.01. The van der Waals surface area contributed by atoms with Gasteiger partial charge in [0.15, 0.2) is 11.6 Å². The van der Waals surface area contributed by atoms with E-state index in [1.54, 1.807) is 18.2 Å². The van der Waals surface area contributed by atoms with Gasteiger partial charge in [-0.25, -0.2) is 0 Å². The fourth-order valence-corrected chi connectivity index (χ4v) is 3.88. The molecule has 0 spiro atoms. The molecule has 1 N–H and O–H groups in total. The molecular formula is C22H18N2O3. The van der Waals surface area contributed by atoms with Gasteiger partial charge in [-0.1, -0.05) is 42.0 Å². The second kappa shape index (κ2) is 5.84. The first-order chi connectivity index (χ1) is 13.1. The maximum atomic E-state index is 13.2. The lowest BCUT2D eigenvalue weighted by Crippen LogP contribution is -2.46. The zero-order valence-corrected chi connectivity index (χ0v) is 14.9. The number of aryl methyl sites for hydroxylation is 1. The number of hydrogen-bond donors (Lipinski definition) is 1. The molecule has 0 aliphatic carbocycles. The van der Waals surface area contributed by atoms with Crippen LogP contribution in [0.4, 0.5) is 0 Å². The van der Waals surface area contributed by atoms with E-state index >= 15 is 0 Å². The normalized spacial score (nSPS) is 20.2. The summed E-state index contributed by atoms with van der Waals surface area (Å²) in [5.74, 6) is 1.16. The van der Waals surface area contributed by atoms with Crippen LogP contribution in [0.3, 0.4) is 0 Å². The Morgan fingerprint density at radius 3 is 2.81 bits per heavy atom. The van der Waals surface area contributed by atoms with Crippen molar-refractivity contribution in [3.8, 4) is 5.75 Å². The number of allylic oxidation sites excluding steroid dienone is 2. The number of fused-ring (bicyclic) bond motifs is 4. The van der Waals surface area contributed by atoms with Gasteiger partial charge in [-0.3, -0.25) is 9.59 Å². The Kier molecular flexibility index (Phi) is 3.44. The summed E-state index contributed by atoms with van der Waals surface area (Å²) in [5.41, 5.74) is 3.18. The Morgan fingerprint density at radius 2 is 2.00 bits per heavy atom. The first-order valence-electron chi connectivity index (χ1n) is 9.01. The van der Waals surface area contributed by atoms with Crippen molar-refractivity contribution in [3.63, 3.8) is 0 Å². The third-order valence-electron chi connectivity index (χ3n) is 5.20. The van der Waals surface area contributed by atoms with E-state index in [9.17, 15) is 9.59 Å². The molecule has 5 nitrogen and oxygen atoms in total. The van der Waals surface area contributed by atoms with E-state index in [0.29, 0.717) is 41.1 Å². The summed E-state index contributed by atoms with van der Waals surface area (Å²) in [4.78, 5) is 28.2. The van der Waals surface area contributed by atoms with Gasteiger partial charge in [0, 0.05) is 18.7 Å². The molecule has 5 rings (SSSR count). The van der Waals surface area contributed by atoms with Crippen LogP contribution in [0.15, 0.2) is 71.6 Å². The van der Waals surface area contributed by atoms with Crippen LogP contribution in [0, 0.1) is 6.92 Å². The van der Waals surface area contributed by atoms with Crippen LogP contribution in [-0.4, -0.2) is 35.8 Å². The van der Waals surface area contributed by atoms with Crippen molar-refractivity contribution < 1.29 is 14.3 Å². The average Bonchev–Trinajstić information content (AvgIpc) is 3.19. The second-order valence-electron chi connectivity index (χ2n) is 6.98. The summed E-state index contributed by atoms with van der Waals surface area (Å²) in [7, 11) is 0. The van der Waals surface area contributed by atoms with Gasteiger partial charge in [-0.15, -0.1) is 0 Å². The topological polar surface area (TPSA) is 58.6 Å². The number of nitrogens with one attached hydrogen (secondary N) is 1. The lowest BCUT2D eigenvalue weighted by Gasteiger charge is -2.38. The van der Waals surface area contributed by atoms with E-state index in [1.807, 2.05) is 48.2 Å². The van der Waals surface area contributed by atoms with Crippen LogP contribution >= 0.6 is 0 Å². The number of ether oxygens (including phenoxy) is 1. The Bertz CT molecular complexity index is 1040. The Hall–Kier alpha value is -3.34. The highest BCUT2D eigenvalue weighted by molar-refractivity contribution is 6.16. The monoisotopic (exact) mass is 358 g/mol. The van der Waals surface area contributed by atoms with Gasteiger partial charge in [-0.2, -0.15) is 0 Å². The second-order valence-corrected chi connectivity index (χ2v) is 6.98. The van der Waals surface area contributed by atoms with Crippen LogP contribution in [0.2, 0.25) is 0 Å². The molecule has 3 aliphatic heterocycles. The van der Waals surface area contributed by atoms with Gasteiger partial charge in [-0.05, 0) is 25.1 Å². The zero-order valence-electron chi connectivity index (χ0n) is 14.9. The third-order valence-corrected chi connectivity index (χ3v) is 5.20. The molecule has 5 heteroatoms. The summed E-state index contributed by atoms with van der Waals surface area (Å²) in [6.07, 6.45) is 1.21. The number of benzene rings is 2. The standard InChI is InChI=1S/C22H18N2O3/c1-13-7-8-18-15(11-13)20(26)17-12-16(19(25)14-5-3-2-4-6-14)21-23-9-10-24(21)22(17)27-18/h2-8,11-12,22-23H,9-10H2,1H3. The minimum atomic E-state index is -0.495. The lowest BCUT2D eigenvalue weighted by molar-refractivity contribution is 0.0663. The van der Waals surface area contributed by atoms with Crippen molar-refractivity contribution in [1.29, 1.82) is 0 Å². The van der Waals surface area contributed by atoms with Gasteiger partial charge < -0.3 is 15.0 Å². The quantitative estimate of drug-likeness (QED) is 0.837. The molecule has 3 heterocycles. The highest BCUT2D eigenvalue weighted by Crippen LogP contribution is 2.38. The Morgan fingerprint density at radius 1 is 1.19 bits per heavy atom. The third kappa shape index (κ3) is 2.39. The summed E-state index contributed by atoms with van der Waals surface area (Å²) >= 11 is 0. The van der Waals surface area contributed by atoms with E-state index in [1.165, 1.54) is 0 Å². The zero-order chi connectivity index (χ0) is 18.5. The molecule has 1 unspecified atom stereocenters. The van der Waals surface area contributed by atoms with Crippen LogP contribution in [0.25, 0.3) is 0 Å². The number of ketones is 2. The summed E-state index contributed by atoms with van der Waals surface area (Å²) in [5, 5.41) is 3.29. The van der Waals surface area contributed by atoms with Gasteiger partial charge >= 0.3 is 0 Å². The van der Waals surface area contributed by atoms with E-state index < -0.39 is 6.23 Å². The van der Waals surface area contributed by atoms with Crippen molar-refractivity contribution in [2.24, 2.45) is 0 Å². The summed E-state index contributed by atoms with van der Waals surface area (Å²) < 4.78 is 6.16. The van der Waals surface area contributed by atoms with Crippen molar-refractivity contribution >= 4 is 11.6 Å². The molecule has 3 aliphatic rings. The minimum absolute atomic E-state index is 0.0748. The average molecular weight is 358 g/mol. The van der Waals surface area contributed by atoms with Crippen molar-refractivity contribution in [2.45, 2.75) is 13.2 Å². The molecule has 1 atom stereocenters. The largest absolute Gasteiger partial charge is 0.465 e. The lowest BCUT2D eigenvalue weighted by atomic mass is 9.90. The van der Waals surface area contributed by atoms with Crippen molar-refractivity contribution in [3.05, 3.63) is 88.3 Å². The molecular weight excluding hydrogens is 340 g/mol. The van der Waals surface area contributed by atoms with E-state index in [-0.39, 0.29) is 11.6 Å². The van der Waals surface area contributed by atoms with Gasteiger partial charge in [0.25, 0.3) is 0 Å². The predicted octanol–water partition coefficient (Wildman–Crippen LogP) is 2.84. The van der Waals surface area contributed by atoms with Gasteiger partial charge in [0.05, 0.1) is 16.7 Å². The molecule has 0 amide bonds. The molecule has 0 bridgehead atoms. The highest BCUT2D eigenvalue weighted by Gasteiger charge is 2.42. The van der Waals surface area contributed by atoms with Crippen LogP contribution in [-0.2, 0) is 0 Å². The number of carbonyl (C=O) groups excluding carboxylic acids is 2. The predicted molar refractivity (Wildman–Crippen MR) is 101 cm³/mol. The van der Waals surface area contributed by atoms with E-state index in [4.69, 9.17) is 4.74 Å². The molecule has 2 aromatic rings. The first kappa shape index (κ1) is 15.9. The van der Waals surface area contributed by atoms with Crippen LogP contribution in [0.5, 0.6) is 5.75 Å². The number of Topliss-reactive ketones (excluding diaryl/α,β-unsaturated/α-hetero) is 2. The molecule has 27 heavy (non-hydrogen) atoms. The molecule has 134 valence electrons. The smallest absolute Gasteiger partial charge is 0.203 e. The molecule has 1 fully saturated rings. The molecule has 1 saturated heterocycles. The van der Waals surface area contributed by atoms with Crippen LogP contribution < -0.4 is 10.1 Å². The summed E-state index contributed by atoms with van der Waals surface area (Å²) in [6.45, 7) is 3.33. The maximum Gasteiger partial charge on any atom is 0.203 e. The van der Waals surface area contributed by atoms with Gasteiger partial charge in [0.2, 0.25) is 6.23 Å². The van der Waals surface area contributed by atoms with E-state index in [2.05, 4.69) is 5.32 Å². The maximum absolute atomic E-state index is 13.2. The Balaban J connectivity index is 1.63. The molecule has 0 radical (unpaired) electrons. The number of nitrogens with zero attached hydrogens (tertiary/aromatic N) is 1. The fourth-order valence-electron chi connectivity index (χ4n) is 3.88. The number of carbonyl (C=O) groups is 2. The Labute approximate surface area is 156 Å². The van der Waals surface area contributed by atoms with E-state index in [0.717, 1.165) is 11.4 Å². The van der Waals surface area contributed by atoms with Crippen molar-refractivity contribution in [2.75, 3.05) is 13.1 Å². The molecule has 0 aromatic heterocycles. The fraction of sp³-hybridized carbons (Fsp3) is 0.182. The number of hydrogen-bond acceptors (Lipinski definition) is 5. The van der Waals surface area contributed by atoms with Gasteiger partial charge in [0.1, 0.15) is 11.6 Å².